The van der Waals surface area contributed by atoms with Crippen LogP contribution in [0, 0.1) is 0 Å². The van der Waals surface area contributed by atoms with Gasteiger partial charge in [-0.1, -0.05) is 23.7 Å². The number of hydrogen-bond donors (Lipinski definition) is 1. The van der Waals surface area contributed by atoms with Crippen LogP contribution in [0.3, 0.4) is 0 Å². The third-order valence-corrected chi connectivity index (χ3v) is 6.71. The number of rotatable bonds is 6. The summed E-state index contributed by atoms with van der Waals surface area (Å²) in [6, 6.07) is 8.78. The first-order chi connectivity index (χ1) is 14.1. The Kier molecular flexibility index (Phi) is 6.71. The Bertz CT molecular complexity index is 1040. The van der Waals surface area contributed by atoms with Crippen molar-refractivity contribution in [1.82, 2.24) is 4.31 Å². The van der Waals surface area contributed by atoms with Crippen molar-refractivity contribution in [3.63, 3.8) is 0 Å². The van der Waals surface area contributed by atoms with Crippen LogP contribution in [0.2, 0.25) is 5.02 Å². The minimum atomic E-state index is -4.62. The maximum Gasteiger partial charge on any atom is 0.417 e. The summed E-state index contributed by atoms with van der Waals surface area (Å²) in [6.45, 7) is 0.714. The van der Waals surface area contributed by atoms with Gasteiger partial charge in [0.15, 0.2) is 5.78 Å². The first kappa shape index (κ1) is 22.5. The molecule has 1 saturated heterocycles. The predicted octanol–water partition coefficient (Wildman–Crippen LogP) is 3.67. The van der Waals surface area contributed by atoms with Crippen LogP contribution in [-0.2, 0) is 20.9 Å². The van der Waals surface area contributed by atoms with Gasteiger partial charge >= 0.3 is 6.18 Å². The van der Waals surface area contributed by atoms with Crippen LogP contribution in [0.5, 0.6) is 0 Å². The Morgan fingerprint density at radius 1 is 1.13 bits per heavy atom. The van der Waals surface area contributed by atoms with Gasteiger partial charge in [-0.15, -0.1) is 0 Å². The maximum absolute atomic E-state index is 13.0. The zero-order chi connectivity index (χ0) is 21.9. The lowest BCUT2D eigenvalue weighted by Crippen LogP contribution is -2.40. The molecule has 0 aromatic heterocycles. The molecule has 1 fully saturated rings. The number of carbonyl (C=O) groups is 1. The van der Waals surface area contributed by atoms with Gasteiger partial charge in [-0.3, -0.25) is 4.79 Å². The van der Waals surface area contributed by atoms with E-state index in [4.69, 9.17) is 16.3 Å². The Balaban J connectivity index is 1.73. The fourth-order valence-electron chi connectivity index (χ4n) is 2.90. The summed E-state index contributed by atoms with van der Waals surface area (Å²) in [5, 5.41) is 2.18. The maximum atomic E-state index is 13.0. The lowest BCUT2D eigenvalue weighted by Gasteiger charge is -2.26. The summed E-state index contributed by atoms with van der Waals surface area (Å²) in [4.78, 5) is 12.5. The monoisotopic (exact) mass is 462 g/mol. The smallest absolute Gasteiger partial charge is 0.379 e. The Morgan fingerprint density at radius 2 is 1.83 bits per heavy atom. The molecular formula is C19H18ClF3N2O4S. The SMILES string of the molecule is O=C(CNc1ccc(Cl)c(C(F)(F)F)c1)c1cccc(S(=O)(=O)N2CCOCC2)c1. The molecular weight excluding hydrogens is 445 g/mol. The molecule has 0 atom stereocenters. The fourth-order valence-corrected chi connectivity index (χ4v) is 4.58. The minimum absolute atomic E-state index is 0.0268. The molecule has 1 N–H and O–H groups in total. The van der Waals surface area contributed by atoms with Crippen LogP contribution in [-0.4, -0.2) is 51.4 Å². The second-order valence-corrected chi connectivity index (χ2v) is 8.86. The molecule has 2 aromatic carbocycles. The van der Waals surface area contributed by atoms with Gasteiger partial charge in [0.25, 0.3) is 0 Å². The molecule has 2 aromatic rings. The number of hydrogen-bond acceptors (Lipinski definition) is 5. The van der Waals surface area contributed by atoms with Crippen molar-refractivity contribution in [3.8, 4) is 0 Å². The largest absolute Gasteiger partial charge is 0.417 e. The van der Waals surface area contributed by atoms with Gasteiger partial charge < -0.3 is 10.1 Å². The average Bonchev–Trinajstić information content (AvgIpc) is 2.73. The van der Waals surface area contributed by atoms with Gasteiger partial charge in [0, 0.05) is 24.3 Å². The van der Waals surface area contributed by atoms with E-state index in [0.29, 0.717) is 13.2 Å². The van der Waals surface area contributed by atoms with E-state index >= 15 is 0 Å². The number of alkyl halides is 3. The van der Waals surface area contributed by atoms with Crippen molar-refractivity contribution >= 4 is 33.1 Å². The van der Waals surface area contributed by atoms with Crippen molar-refractivity contribution in [2.45, 2.75) is 11.1 Å². The van der Waals surface area contributed by atoms with Crippen LogP contribution in [0.4, 0.5) is 18.9 Å². The first-order valence-corrected chi connectivity index (χ1v) is 10.7. The Hall–Kier alpha value is -2.14. The molecule has 0 bridgehead atoms. The van der Waals surface area contributed by atoms with Gasteiger partial charge in [-0.25, -0.2) is 8.42 Å². The number of Topliss-reactive ketones (excluding diaryl/α,β-unsaturated/α-hetero) is 1. The first-order valence-electron chi connectivity index (χ1n) is 8.91. The van der Waals surface area contributed by atoms with Crippen molar-refractivity contribution in [2.24, 2.45) is 0 Å². The number of carbonyl (C=O) groups excluding carboxylic acids is 1. The molecule has 6 nitrogen and oxygen atoms in total. The van der Waals surface area contributed by atoms with Crippen molar-refractivity contribution in [2.75, 3.05) is 38.2 Å². The molecule has 162 valence electrons. The number of anilines is 1. The summed E-state index contributed by atoms with van der Waals surface area (Å²) in [7, 11) is -3.77. The lowest BCUT2D eigenvalue weighted by atomic mass is 10.1. The fraction of sp³-hybridized carbons (Fsp3) is 0.316. The van der Waals surface area contributed by atoms with Crippen LogP contribution in [0.25, 0.3) is 0 Å². The van der Waals surface area contributed by atoms with Crippen LogP contribution < -0.4 is 5.32 Å². The standard InChI is InChI=1S/C19H18ClF3N2O4S/c20-17-5-4-14(11-16(17)19(21,22)23)24-12-18(26)13-2-1-3-15(10-13)30(27,28)25-6-8-29-9-7-25/h1-5,10-11,24H,6-9,12H2. The summed E-state index contributed by atoms with van der Waals surface area (Å²) < 4.78 is 70.8. The highest BCUT2D eigenvalue weighted by Gasteiger charge is 2.33. The highest BCUT2D eigenvalue weighted by atomic mass is 35.5. The van der Waals surface area contributed by atoms with Gasteiger partial charge in [0.2, 0.25) is 10.0 Å². The van der Waals surface area contributed by atoms with E-state index in [0.717, 1.165) is 12.1 Å². The third-order valence-electron chi connectivity index (χ3n) is 4.49. The Labute approximate surface area is 176 Å². The lowest BCUT2D eigenvalue weighted by molar-refractivity contribution is -0.137. The van der Waals surface area contributed by atoms with Crippen LogP contribution >= 0.6 is 11.6 Å². The number of halogens is 4. The molecule has 0 unspecified atom stereocenters. The molecule has 11 heteroatoms. The van der Waals surface area contributed by atoms with E-state index in [-0.39, 0.29) is 35.8 Å². The van der Waals surface area contributed by atoms with E-state index in [2.05, 4.69) is 5.32 Å². The zero-order valence-electron chi connectivity index (χ0n) is 15.6. The van der Waals surface area contributed by atoms with E-state index < -0.39 is 32.6 Å². The number of ketones is 1. The van der Waals surface area contributed by atoms with Gasteiger partial charge in [-0.2, -0.15) is 17.5 Å². The summed E-state index contributed by atoms with van der Waals surface area (Å²) in [6.07, 6.45) is -4.62. The van der Waals surface area contributed by atoms with Crippen LogP contribution in [0.1, 0.15) is 15.9 Å². The molecule has 0 aliphatic carbocycles. The zero-order valence-corrected chi connectivity index (χ0v) is 17.1. The third kappa shape index (κ3) is 5.12. The van der Waals surface area contributed by atoms with Crippen molar-refractivity contribution < 1.29 is 31.1 Å². The topological polar surface area (TPSA) is 75.7 Å². The number of nitrogens with one attached hydrogen (secondary N) is 1. The molecule has 1 aliphatic rings. The van der Waals surface area contributed by atoms with Crippen LogP contribution in [0.15, 0.2) is 47.4 Å². The van der Waals surface area contributed by atoms with E-state index in [1.807, 2.05) is 0 Å². The van der Waals surface area contributed by atoms with Gasteiger partial charge in [-0.05, 0) is 30.3 Å². The molecule has 0 spiro atoms. The second kappa shape index (κ2) is 8.93. The van der Waals surface area contributed by atoms with E-state index in [1.165, 1.54) is 34.6 Å². The summed E-state index contributed by atoms with van der Waals surface area (Å²) in [5.41, 5.74) is -0.820. The molecule has 0 amide bonds. The molecule has 0 saturated carbocycles. The number of nitrogens with zero attached hydrogens (tertiary/aromatic N) is 1. The number of sulfonamides is 1. The summed E-state index contributed by atoms with van der Waals surface area (Å²) >= 11 is 5.58. The van der Waals surface area contributed by atoms with E-state index in [9.17, 15) is 26.4 Å². The number of ether oxygens (including phenoxy) is 1. The molecule has 30 heavy (non-hydrogen) atoms. The van der Waals surface area contributed by atoms with Crippen molar-refractivity contribution in [3.05, 3.63) is 58.6 Å². The normalized spacial score (nSPS) is 15.7. The quantitative estimate of drug-likeness (QED) is 0.663. The van der Waals surface area contributed by atoms with E-state index in [1.54, 1.807) is 0 Å². The second-order valence-electron chi connectivity index (χ2n) is 6.51. The predicted molar refractivity (Wildman–Crippen MR) is 105 cm³/mol. The van der Waals surface area contributed by atoms with Crippen molar-refractivity contribution in [1.29, 1.82) is 0 Å². The number of morpholine rings is 1. The van der Waals surface area contributed by atoms with Gasteiger partial charge in [0.1, 0.15) is 0 Å². The van der Waals surface area contributed by atoms with Gasteiger partial charge in [0.05, 0.1) is 35.2 Å². The summed E-state index contributed by atoms with van der Waals surface area (Å²) in [5.74, 6) is -0.475. The molecule has 1 aliphatic heterocycles. The number of benzene rings is 2. The molecule has 3 rings (SSSR count). The Morgan fingerprint density at radius 3 is 2.50 bits per heavy atom. The highest BCUT2D eigenvalue weighted by Crippen LogP contribution is 2.36. The average molecular weight is 463 g/mol. The highest BCUT2D eigenvalue weighted by molar-refractivity contribution is 7.89. The molecule has 0 radical (unpaired) electrons. The minimum Gasteiger partial charge on any atom is -0.379 e. The molecule has 1 heterocycles.